The Labute approximate surface area is 287 Å². The summed E-state index contributed by atoms with van der Waals surface area (Å²) in [6, 6.07) is 22.9. The average Bonchev–Trinajstić information content (AvgIpc) is 3.53. The maximum absolute atomic E-state index is 14.0. The summed E-state index contributed by atoms with van der Waals surface area (Å²) < 4.78 is 17.4. The molecule has 0 aliphatic carbocycles. The first-order valence-electron chi connectivity index (χ1n) is 16.9. The zero-order valence-corrected chi connectivity index (χ0v) is 28.4. The molecule has 11 heteroatoms. The van der Waals surface area contributed by atoms with Crippen LogP contribution in [-0.2, 0) is 12.8 Å². The molecule has 0 unspecified atom stereocenters. The molecule has 1 N–H and O–H groups in total. The molecule has 1 amide bonds. The van der Waals surface area contributed by atoms with Crippen molar-refractivity contribution >= 4 is 29.2 Å². The number of benzene rings is 3. The third-order valence-corrected chi connectivity index (χ3v) is 8.44. The van der Waals surface area contributed by atoms with Gasteiger partial charge in [0.15, 0.2) is 5.82 Å². The Morgan fingerprint density at radius 3 is 2.51 bits per heavy atom. The van der Waals surface area contributed by atoms with Crippen molar-refractivity contribution in [2.24, 2.45) is 0 Å². The molecule has 1 aliphatic rings. The Bertz CT molecular complexity index is 1830. The molecule has 5 aromatic rings. The number of aromatic nitrogens is 4. The average molecular weight is 662 g/mol. The van der Waals surface area contributed by atoms with Crippen molar-refractivity contribution in [3.05, 3.63) is 107 Å². The van der Waals surface area contributed by atoms with E-state index < -0.39 is 6.09 Å². The highest BCUT2D eigenvalue weighted by Crippen LogP contribution is 2.30. The molecule has 0 radical (unpaired) electrons. The van der Waals surface area contributed by atoms with Crippen molar-refractivity contribution in [1.82, 2.24) is 25.0 Å². The highest BCUT2D eigenvalue weighted by Gasteiger charge is 2.24. The standard InChI is InChI=1S/C38H43N7O4/c1-27-11-7-12-28(2)36(27)48-38(46)45(32-15-8-13-30(25-32)17-18-35-40-29(3)43-49-35)34-19-20-39-37(42-34)41-31-14-9-16-33(26-31)47-24-10-23-44-21-5-4-6-22-44/h7-9,11-16,19-20,25-26H,4-6,10,17-18,21-24H2,1-3H3,(H,39,41,42). The van der Waals surface area contributed by atoms with E-state index in [-0.39, 0.29) is 0 Å². The molecule has 3 heterocycles. The van der Waals surface area contributed by atoms with Gasteiger partial charge in [-0.2, -0.15) is 9.97 Å². The molecule has 0 spiro atoms. The van der Waals surface area contributed by atoms with Crippen molar-refractivity contribution < 1.29 is 18.8 Å². The van der Waals surface area contributed by atoms with Crippen LogP contribution in [-0.4, -0.2) is 57.3 Å². The summed E-state index contributed by atoms with van der Waals surface area (Å²) in [5.74, 6) is 3.12. The fourth-order valence-corrected chi connectivity index (χ4v) is 5.96. The molecule has 1 fully saturated rings. The summed E-state index contributed by atoms with van der Waals surface area (Å²) in [5, 5.41) is 7.16. The third-order valence-electron chi connectivity index (χ3n) is 8.44. The largest absolute Gasteiger partial charge is 0.493 e. The number of piperidine rings is 1. The SMILES string of the molecule is Cc1noc(CCc2cccc(N(C(=O)Oc3c(C)cccc3C)c3ccnc(Nc4cccc(OCCCN5CCCCC5)c4)n3)c2)n1. The van der Waals surface area contributed by atoms with Crippen molar-refractivity contribution in [3.8, 4) is 11.5 Å². The van der Waals surface area contributed by atoms with Crippen LogP contribution >= 0.6 is 0 Å². The van der Waals surface area contributed by atoms with Gasteiger partial charge in [0.05, 0.1) is 12.3 Å². The molecule has 0 bridgehead atoms. The maximum Gasteiger partial charge on any atom is 0.425 e. The van der Waals surface area contributed by atoms with Gasteiger partial charge in [-0.3, -0.25) is 0 Å². The van der Waals surface area contributed by atoms with Crippen LogP contribution < -0.4 is 19.7 Å². The van der Waals surface area contributed by atoms with Crippen molar-refractivity contribution in [2.75, 3.05) is 36.5 Å². The van der Waals surface area contributed by atoms with E-state index in [1.54, 1.807) is 19.2 Å². The molecule has 254 valence electrons. The number of carbonyl (C=O) groups excluding carboxylic acids is 1. The van der Waals surface area contributed by atoms with Crippen LogP contribution in [0.15, 0.2) is 83.5 Å². The first-order chi connectivity index (χ1) is 23.9. The van der Waals surface area contributed by atoms with Crippen molar-refractivity contribution in [1.29, 1.82) is 0 Å². The van der Waals surface area contributed by atoms with Gasteiger partial charge < -0.3 is 24.2 Å². The number of amides is 1. The molecule has 2 aromatic heterocycles. The first kappa shape index (κ1) is 33.6. The topological polar surface area (TPSA) is 119 Å². The van der Waals surface area contributed by atoms with Crippen LogP contribution in [0.1, 0.15) is 54.1 Å². The third kappa shape index (κ3) is 9.20. The molecule has 0 saturated carbocycles. The predicted molar refractivity (Wildman–Crippen MR) is 189 cm³/mol. The number of nitrogens with one attached hydrogen (secondary N) is 1. The molecule has 6 rings (SSSR count). The fraction of sp³-hybridized carbons (Fsp3) is 0.342. The molecule has 49 heavy (non-hydrogen) atoms. The van der Waals surface area contributed by atoms with Gasteiger partial charge in [0.1, 0.15) is 17.3 Å². The van der Waals surface area contributed by atoms with E-state index >= 15 is 0 Å². The van der Waals surface area contributed by atoms with E-state index in [0.717, 1.165) is 41.1 Å². The molecule has 0 atom stereocenters. The van der Waals surface area contributed by atoms with Crippen LogP contribution in [0, 0.1) is 20.8 Å². The van der Waals surface area contributed by atoms with E-state index in [0.29, 0.717) is 54.4 Å². The van der Waals surface area contributed by atoms with E-state index in [1.807, 2.05) is 80.6 Å². The molecule has 11 nitrogen and oxygen atoms in total. The number of carbonyl (C=O) groups is 1. The van der Waals surface area contributed by atoms with Gasteiger partial charge in [0.2, 0.25) is 11.8 Å². The van der Waals surface area contributed by atoms with Crippen LogP contribution in [0.2, 0.25) is 0 Å². The molecular weight excluding hydrogens is 618 g/mol. The summed E-state index contributed by atoms with van der Waals surface area (Å²) >= 11 is 0. The number of likely N-dealkylation sites (tertiary alicyclic amines) is 1. The zero-order valence-electron chi connectivity index (χ0n) is 28.4. The van der Waals surface area contributed by atoms with Crippen LogP contribution in [0.3, 0.4) is 0 Å². The number of para-hydroxylation sites is 1. The molecular formula is C38H43N7O4. The summed E-state index contributed by atoms with van der Waals surface area (Å²) in [4.78, 5) is 31.5. The number of ether oxygens (including phenoxy) is 2. The fourth-order valence-electron chi connectivity index (χ4n) is 5.96. The van der Waals surface area contributed by atoms with Crippen LogP contribution in [0.25, 0.3) is 0 Å². The number of hydrogen-bond donors (Lipinski definition) is 1. The van der Waals surface area contributed by atoms with Gasteiger partial charge in [0, 0.05) is 37.0 Å². The van der Waals surface area contributed by atoms with Crippen molar-refractivity contribution in [2.45, 2.75) is 59.3 Å². The van der Waals surface area contributed by atoms with Gasteiger partial charge in [-0.05, 0) is 100 Å². The zero-order chi connectivity index (χ0) is 34.0. The van der Waals surface area contributed by atoms with Gasteiger partial charge in [-0.1, -0.05) is 48.0 Å². The highest BCUT2D eigenvalue weighted by molar-refractivity contribution is 5.96. The molecule has 1 aliphatic heterocycles. The lowest BCUT2D eigenvalue weighted by Crippen LogP contribution is -2.31. The first-order valence-corrected chi connectivity index (χ1v) is 16.9. The Morgan fingerprint density at radius 1 is 0.918 bits per heavy atom. The van der Waals surface area contributed by atoms with E-state index in [1.165, 1.54) is 37.3 Å². The lowest BCUT2D eigenvalue weighted by molar-refractivity contribution is 0.205. The molecule has 1 saturated heterocycles. The number of rotatable bonds is 13. The Balaban J connectivity index is 1.20. The minimum absolute atomic E-state index is 0.326. The summed E-state index contributed by atoms with van der Waals surface area (Å²) in [5.41, 5.74) is 4.07. The lowest BCUT2D eigenvalue weighted by Gasteiger charge is -2.26. The number of nitrogens with zero attached hydrogens (tertiary/aromatic N) is 6. The van der Waals surface area contributed by atoms with E-state index in [9.17, 15) is 4.79 Å². The van der Waals surface area contributed by atoms with E-state index in [4.69, 9.17) is 19.0 Å². The summed E-state index contributed by atoms with van der Waals surface area (Å²) in [6.07, 6.45) is 7.14. The summed E-state index contributed by atoms with van der Waals surface area (Å²) in [7, 11) is 0. The highest BCUT2D eigenvalue weighted by atomic mass is 16.6. The number of aryl methyl sites for hydroxylation is 5. The Morgan fingerprint density at radius 2 is 1.71 bits per heavy atom. The minimum atomic E-state index is -0.591. The van der Waals surface area contributed by atoms with Crippen molar-refractivity contribution in [3.63, 3.8) is 0 Å². The second-order valence-electron chi connectivity index (χ2n) is 12.3. The maximum atomic E-state index is 14.0. The molecule has 3 aromatic carbocycles. The van der Waals surface area contributed by atoms with Gasteiger partial charge in [-0.15, -0.1) is 0 Å². The quantitative estimate of drug-likeness (QED) is 0.125. The smallest absolute Gasteiger partial charge is 0.425 e. The second-order valence-corrected chi connectivity index (χ2v) is 12.3. The van der Waals surface area contributed by atoms with Gasteiger partial charge >= 0.3 is 6.09 Å². The number of anilines is 4. The van der Waals surface area contributed by atoms with E-state index in [2.05, 4.69) is 25.3 Å². The second kappa shape index (κ2) is 16.2. The summed E-state index contributed by atoms with van der Waals surface area (Å²) in [6.45, 7) is 9.70. The van der Waals surface area contributed by atoms with Gasteiger partial charge in [0.25, 0.3) is 0 Å². The Kier molecular flexibility index (Phi) is 11.1. The van der Waals surface area contributed by atoms with Crippen LogP contribution in [0.5, 0.6) is 11.5 Å². The monoisotopic (exact) mass is 661 g/mol. The van der Waals surface area contributed by atoms with Crippen LogP contribution in [0.4, 0.5) is 27.9 Å². The lowest BCUT2D eigenvalue weighted by atomic mass is 10.1. The normalized spacial score (nSPS) is 13.2. The van der Waals surface area contributed by atoms with Gasteiger partial charge in [-0.25, -0.2) is 14.7 Å². The Hall–Kier alpha value is -5.29. The predicted octanol–water partition coefficient (Wildman–Crippen LogP) is 7.91. The number of hydrogen-bond acceptors (Lipinski definition) is 10. The minimum Gasteiger partial charge on any atom is -0.493 e.